The molecule has 2 aromatic carbocycles. The summed E-state index contributed by atoms with van der Waals surface area (Å²) in [7, 11) is -3.63. The van der Waals surface area contributed by atoms with Crippen LogP contribution in [0.5, 0.6) is 11.5 Å². The quantitative estimate of drug-likeness (QED) is 0.520. The van der Waals surface area contributed by atoms with Gasteiger partial charge < -0.3 is 14.8 Å². The molecule has 31 heavy (non-hydrogen) atoms. The van der Waals surface area contributed by atoms with Gasteiger partial charge in [-0.05, 0) is 75.1 Å². The minimum Gasteiger partial charge on any atom is -0.490 e. The van der Waals surface area contributed by atoms with Gasteiger partial charge in [0.05, 0.1) is 18.1 Å². The molecule has 0 bridgehead atoms. The van der Waals surface area contributed by atoms with E-state index in [-0.39, 0.29) is 23.8 Å². The van der Waals surface area contributed by atoms with Crippen molar-refractivity contribution in [1.82, 2.24) is 10.0 Å². The predicted octanol–water partition coefficient (Wildman–Crippen LogP) is 3.13. The molecule has 0 aliphatic carbocycles. The van der Waals surface area contributed by atoms with Gasteiger partial charge in [-0.3, -0.25) is 4.79 Å². The van der Waals surface area contributed by atoms with Crippen LogP contribution in [-0.4, -0.2) is 40.6 Å². The topological polar surface area (TPSA) is 93.7 Å². The number of aryl methyl sites for hydroxylation is 2. The third-order valence-corrected chi connectivity index (χ3v) is 6.24. The Bertz CT molecular complexity index is 989. The van der Waals surface area contributed by atoms with Crippen molar-refractivity contribution >= 4 is 15.9 Å². The zero-order valence-corrected chi connectivity index (χ0v) is 19.5. The average Bonchev–Trinajstić information content (AvgIpc) is 2.72. The van der Waals surface area contributed by atoms with Crippen LogP contribution in [0.2, 0.25) is 0 Å². The van der Waals surface area contributed by atoms with Crippen molar-refractivity contribution in [2.75, 3.05) is 26.3 Å². The normalized spacial score (nSPS) is 11.2. The fourth-order valence-corrected chi connectivity index (χ4v) is 4.07. The maximum atomic E-state index is 12.4. The van der Waals surface area contributed by atoms with Crippen LogP contribution in [0, 0.1) is 13.8 Å². The van der Waals surface area contributed by atoms with Gasteiger partial charge in [0, 0.05) is 19.5 Å². The lowest BCUT2D eigenvalue weighted by atomic mass is 10.1. The summed E-state index contributed by atoms with van der Waals surface area (Å²) in [5, 5.41) is 2.82. The molecule has 2 N–H and O–H groups in total. The van der Waals surface area contributed by atoms with Gasteiger partial charge in [0.25, 0.3) is 0 Å². The summed E-state index contributed by atoms with van der Waals surface area (Å²) in [5.41, 5.74) is 2.95. The molecule has 0 aromatic heterocycles. The lowest BCUT2D eigenvalue weighted by Crippen LogP contribution is -2.31. The Morgan fingerprint density at radius 3 is 2.29 bits per heavy atom. The van der Waals surface area contributed by atoms with Crippen molar-refractivity contribution in [3.05, 3.63) is 53.1 Å². The molecular weight excluding hydrogens is 416 g/mol. The van der Waals surface area contributed by atoms with E-state index in [1.165, 1.54) is 0 Å². The first-order valence-electron chi connectivity index (χ1n) is 10.5. The van der Waals surface area contributed by atoms with Crippen molar-refractivity contribution in [2.45, 2.75) is 45.4 Å². The van der Waals surface area contributed by atoms with Crippen molar-refractivity contribution in [1.29, 1.82) is 0 Å². The van der Waals surface area contributed by atoms with Crippen LogP contribution >= 0.6 is 0 Å². The molecule has 1 amide bonds. The first kappa shape index (κ1) is 24.7. The number of nitrogens with one attached hydrogen (secondary N) is 2. The molecule has 8 heteroatoms. The summed E-state index contributed by atoms with van der Waals surface area (Å²) >= 11 is 0. The molecular formula is C23H32N2O5S. The monoisotopic (exact) mass is 448 g/mol. The maximum Gasteiger partial charge on any atom is 0.240 e. The molecule has 0 saturated heterocycles. The Hall–Kier alpha value is -2.58. The lowest BCUT2D eigenvalue weighted by Gasteiger charge is -2.13. The van der Waals surface area contributed by atoms with Gasteiger partial charge in [-0.1, -0.05) is 12.1 Å². The third-order valence-electron chi connectivity index (χ3n) is 4.78. The van der Waals surface area contributed by atoms with Crippen molar-refractivity contribution in [3.8, 4) is 11.5 Å². The van der Waals surface area contributed by atoms with Gasteiger partial charge >= 0.3 is 0 Å². The number of amides is 1. The Labute approximate surface area is 185 Å². The van der Waals surface area contributed by atoms with E-state index >= 15 is 0 Å². The molecule has 0 aliphatic heterocycles. The largest absolute Gasteiger partial charge is 0.490 e. The Morgan fingerprint density at radius 2 is 1.61 bits per heavy atom. The molecule has 0 saturated carbocycles. The van der Waals surface area contributed by atoms with Crippen LogP contribution in [0.25, 0.3) is 0 Å². The molecule has 0 heterocycles. The maximum absolute atomic E-state index is 12.4. The third kappa shape index (κ3) is 7.56. The van der Waals surface area contributed by atoms with Crippen LogP contribution in [-0.2, 0) is 21.2 Å². The number of ether oxygens (including phenoxy) is 2. The molecule has 2 rings (SSSR count). The van der Waals surface area contributed by atoms with Crippen LogP contribution < -0.4 is 19.5 Å². The number of carbonyl (C=O) groups excluding carboxylic acids is 1. The second-order valence-electron chi connectivity index (χ2n) is 7.14. The highest BCUT2D eigenvalue weighted by Crippen LogP contribution is 2.28. The number of hydrogen-bond donors (Lipinski definition) is 2. The fourth-order valence-electron chi connectivity index (χ4n) is 2.95. The molecule has 170 valence electrons. The standard InChI is InChI=1S/C23H32N2O5S/c1-5-29-21-10-8-19(16-22(21)30-6-2)11-13-24-23(26)12-14-25-31(27,28)20-9-7-17(3)18(4)15-20/h7-10,15-16,25H,5-6,11-14H2,1-4H3,(H,24,26). The Kier molecular flexibility index (Phi) is 9.33. The smallest absolute Gasteiger partial charge is 0.240 e. The van der Waals surface area contributed by atoms with Gasteiger partial charge in [-0.25, -0.2) is 13.1 Å². The summed E-state index contributed by atoms with van der Waals surface area (Å²) < 4.78 is 38.4. The number of benzene rings is 2. The van der Waals surface area contributed by atoms with E-state index in [1.54, 1.807) is 18.2 Å². The summed E-state index contributed by atoms with van der Waals surface area (Å²) in [5.74, 6) is 1.18. The molecule has 2 aromatic rings. The molecule has 7 nitrogen and oxygen atoms in total. The number of sulfonamides is 1. The van der Waals surface area contributed by atoms with Crippen LogP contribution in [0.15, 0.2) is 41.3 Å². The summed E-state index contributed by atoms with van der Waals surface area (Å²) in [6, 6.07) is 10.7. The summed E-state index contributed by atoms with van der Waals surface area (Å²) in [6.45, 7) is 9.21. The van der Waals surface area contributed by atoms with Gasteiger partial charge in [-0.2, -0.15) is 0 Å². The van der Waals surface area contributed by atoms with Gasteiger partial charge in [-0.15, -0.1) is 0 Å². The van der Waals surface area contributed by atoms with Gasteiger partial charge in [0.2, 0.25) is 15.9 Å². The zero-order valence-electron chi connectivity index (χ0n) is 18.7. The fraction of sp³-hybridized carbons (Fsp3) is 0.435. The second-order valence-corrected chi connectivity index (χ2v) is 8.91. The molecule has 0 atom stereocenters. The Morgan fingerprint density at radius 1 is 0.903 bits per heavy atom. The van der Waals surface area contributed by atoms with E-state index in [1.807, 2.05) is 45.9 Å². The van der Waals surface area contributed by atoms with Crippen molar-refractivity contribution < 1.29 is 22.7 Å². The van der Waals surface area contributed by atoms with Crippen molar-refractivity contribution in [3.63, 3.8) is 0 Å². The lowest BCUT2D eigenvalue weighted by molar-refractivity contribution is -0.120. The van der Waals surface area contributed by atoms with E-state index < -0.39 is 10.0 Å². The average molecular weight is 449 g/mol. The van der Waals surface area contributed by atoms with E-state index in [0.717, 1.165) is 16.7 Å². The predicted molar refractivity (Wildman–Crippen MR) is 121 cm³/mol. The van der Waals surface area contributed by atoms with E-state index in [4.69, 9.17) is 9.47 Å². The number of rotatable bonds is 12. The molecule has 0 radical (unpaired) electrons. The highest BCUT2D eigenvalue weighted by Gasteiger charge is 2.15. The molecule has 0 spiro atoms. The summed E-state index contributed by atoms with van der Waals surface area (Å²) in [6.07, 6.45) is 0.699. The van der Waals surface area contributed by atoms with Gasteiger partial charge in [0.1, 0.15) is 0 Å². The molecule has 0 fully saturated rings. The summed E-state index contributed by atoms with van der Waals surface area (Å²) in [4.78, 5) is 12.3. The zero-order chi connectivity index (χ0) is 22.9. The highest BCUT2D eigenvalue weighted by atomic mass is 32.2. The van der Waals surface area contributed by atoms with E-state index in [0.29, 0.717) is 37.7 Å². The van der Waals surface area contributed by atoms with Gasteiger partial charge in [0.15, 0.2) is 11.5 Å². The minimum absolute atomic E-state index is 0.0403. The SMILES string of the molecule is CCOc1ccc(CCNC(=O)CCNS(=O)(=O)c2ccc(C)c(C)c2)cc1OCC. The van der Waals surface area contributed by atoms with Crippen LogP contribution in [0.4, 0.5) is 0 Å². The van der Waals surface area contributed by atoms with E-state index in [9.17, 15) is 13.2 Å². The Balaban J connectivity index is 1.79. The van der Waals surface area contributed by atoms with E-state index in [2.05, 4.69) is 10.0 Å². The minimum atomic E-state index is -3.63. The first-order chi connectivity index (χ1) is 14.8. The first-order valence-corrected chi connectivity index (χ1v) is 12.0. The molecule has 0 unspecified atom stereocenters. The number of hydrogen-bond acceptors (Lipinski definition) is 5. The number of carbonyl (C=O) groups is 1. The van der Waals surface area contributed by atoms with Crippen molar-refractivity contribution in [2.24, 2.45) is 0 Å². The highest BCUT2D eigenvalue weighted by molar-refractivity contribution is 7.89. The van der Waals surface area contributed by atoms with Crippen LogP contribution in [0.1, 0.15) is 37.0 Å². The van der Waals surface area contributed by atoms with Crippen LogP contribution in [0.3, 0.4) is 0 Å². The molecule has 0 aliphatic rings. The second kappa shape index (κ2) is 11.7.